The van der Waals surface area contributed by atoms with Gasteiger partial charge in [0.2, 0.25) is 0 Å². The Kier molecular flexibility index (Phi) is 8.80. The number of nitrogens with zero attached hydrogens (tertiary/aromatic N) is 2. The molecule has 5 nitrogen and oxygen atoms in total. The Bertz CT molecular complexity index is 693. The highest BCUT2D eigenvalue weighted by molar-refractivity contribution is 9.12. The molecule has 1 heterocycles. The Morgan fingerprint density at radius 3 is 2.28 bits per heavy atom. The minimum Gasteiger partial charge on any atom is -0.444 e. The lowest BCUT2D eigenvalue weighted by molar-refractivity contribution is 0.0233. The summed E-state index contributed by atoms with van der Waals surface area (Å²) in [6.45, 7) is 21.2. The molecular weight excluding hydrogens is 472 g/mol. The lowest BCUT2D eigenvalue weighted by atomic mass is 10.1. The van der Waals surface area contributed by atoms with E-state index in [0.717, 1.165) is 0 Å². The second kappa shape index (κ2) is 9.67. The van der Waals surface area contributed by atoms with Crippen LogP contribution in [-0.2, 0) is 9.16 Å². The van der Waals surface area contributed by atoms with E-state index in [1.165, 1.54) is 0 Å². The Morgan fingerprint density at radius 1 is 1.28 bits per heavy atom. The summed E-state index contributed by atoms with van der Waals surface area (Å²) in [5.74, 6) is 0. The fourth-order valence-electron chi connectivity index (χ4n) is 2.80. The van der Waals surface area contributed by atoms with Crippen LogP contribution >= 0.6 is 27.5 Å². The van der Waals surface area contributed by atoms with E-state index in [2.05, 4.69) is 61.4 Å². The van der Waals surface area contributed by atoms with Gasteiger partial charge in [0, 0.05) is 19.8 Å². The third-order valence-electron chi connectivity index (χ3n) is 5.29. The number of rotatable bonds is 5. The molecule has 2 atom stereocenters. The topological polar surface area (TPSA) is 51.1 Å². The SMILES string of the molecule is C=C(/C(Cl)=C(/Br)C=NC)[C@@H]1CC(O[Si](C)(C)C(C)(C)C)CN1C(=O)OC(C)(C)C. The highest BCUT2D eigenvalue weighted by Crippen LogP contribution is 2.40. The van der Waals surface area contributed by atoms with Crippen LogP contribution in [0.1, 0.15) is 48.0 Å². The van der Waals surface area contributed by atoms with E-state index in [-0.39, 0.29) is 23.3 Å². The van der Waals surface area contributed by atoms with E-state index in [1.807, 2.05) is 20.8 Å². The summed E-state index contributed by atoms with van der Waals surface area (Å²) in [5.41, 5.74) is 0.0572. The highest BCUT2D eigenvalue weighted by Gasteiger charge is 2.45. The van der Waals surface area contributed by atoms with E-state index in [1.54, 1.807) is 18.2 Å². The average Bonchev–Trinajstić information content (AvgIpc) is 2.94. The third kappa shape index (κ3) is 7.23. The molecule has 8 heteroatoms. The number of aliphatic imine (C=N–C) groups is 1. The van der Waals surface area contributed by atoms with Crippen molar-refractivity contribution in [1.82, 2.24) is 4.90 Å². The summed E-state index contributed by atoms with van der Waals surface area (Å²) < 4.78 is 12.9. The number of hydrogen-bond donors (Lipinski definition) is 0. The van der Waals surface area contributed by atoms with Gasteiger partial charge in [0.05, 0.1) is 21.7 Å². The molecule has 0 aromatic heterocycles. The van der Waals surface area contributed by atoms with Crippen LogP contribution in [0, 0.1) is 0 Å². The van der Waals surface area contributed by atoms with Crippen molar-refractivity contribution in [2.75, 3.05) is 13.6 Å². The molecular formula is C21H36BrClN2O3Si. The maximum absolute atomic E-state index is 12.9. The van der Waals surface area contributed by atoms with Gasteiger partial charge in [0.25, 0.3) is 0 Å². The Hall–Kier alpha value is -0.633. The monoisotopic (exact) mass is 506 g/mol. The Morgan fingerprint density at radius 2 is 1.83 bits per heavy atom. The number of halogens is 2. The lowest BCUT2D eigenvalue weighted by Gasteiger charge is -2.38. The molecule has 1 rings (SSSR count). The number of carbonyl (C=O) groups is 1. The van der Waals surface area contributed by atoms with Crippen LogP contribution < -0.4 is 0 Å². The fraction of sp³-hybridized carbons (Fsp3) is 0.714. The zero-order chi connectivity index (χ0) is 22.8. The van der Waals surface area contributed by atoms with Crippen molar-refractivity contribution in [3.63, 3.8) is 0 Å². The number of carbonyl (C=O) groups excluding carboxylic acids is 1. The van der Waals surface area contributed by atoms with Crippen molar-refractivity contribution in [2.45, 2.75) is 83.8 Å². The number of ether oxygens (including phenoxy) is 1. The summed E-state index contributed by atoms with van der Waals surface area (Å²) in [5, 5.41) is 0.527. The van der Waals surface area contributed by atoms with E-state index in [0.29, 0.717) is 28.1 Å². The molecule has 1 aliphatic rings. The van der Waals surface area contributed by atoms with Gasteiger partial charge in [-0.25, -0.2) is 4.79 Å². The minimum atomic E-state index is -1.99. The molecule has 1 aliphatic heterocycles. The zero-order valence-electron chi connectivity index (χ0n) is 19.2. The molecule has 0 radical (unpaired) electrons. The van der Waals surface area contributed by atoms with E-state index >= 15 is 0 Å². The van der Waals surface area contributed by atoms with Gasteiger partial charge in [-0.2, -0.15) is 0 Å². The van der Waals surface area contributed by atoms with Gasteiger partial charge in [-0.1, -0.05) is 39.0 Å². The predicted molar refractivity (Wildman–Crippen MR) is 129 cm³/mol. The van der Waals surface area contributed by atoms with Gasteiger partial charge in [-0.3, -0.25) is 9.89 Å². The first kappa shape index (κ1) is 26.4. The molecule has 0 aliphatic carbocycles. The van der Waals surface area contributed by atoms with Crippen LogP contribution in [0.5, 0.6) is 0 Å². The average molecular weight is 508 g/mol. The lowest BCUT2D eigenvalue weighted by Crippen LogP contribution is -2.45. The van der Waals surface area contributed by atoms with Crippen LogP contribution in [0.3, 0.4) is 0 Å². The van der Waals surface area contributed by atoms with Gasteiger partial charge >= 0.3 is 6.09 Å². The molecule has 0 aromatic rings. The van der Waals surface area contributed by atoms with Crippen LogP contribution in [0.4, 0.5) is 4.79 Å². The molecule has 0 aromatic carbocycles. The Balaban J connectivity index is 3.19. The molecule has 1 fully saturated rings. The molecule has 1 unspecified atom stereocenters. The fourth-order valence-corrected chi connectivity index (χ4v) is 4.79. The van der Waals surface area contributed by atoms with E-state index in [4.69, 9.17) is 20.8 Å². The van der Waals surface area contributed by atoms with Crippen LogP contribution in [0.2, 0.25) is 18.1 Å². The van der Waals surface area contributed by atoms with Crippen LogP contribution in [0.25, 0.3) is 0 Å². The predicted octanol–water partition coefficient (Wildman–Crippen LogP) is 6.49. The van der Waals surface area contributed by atoms with E-state index in [9.17, 15) is 4.79 Å². The van der Waals surface area contributed by atoms with Crippen LogP contribution in [-0.4, -0.2) is 56.9 Å². The molecule has 29 heavy (non-hydrogen) atoms. The van der Waals surface area contributed by atoms with Crippen molar-refractivity contribution in [3.05, 3.63) is 21.7 Å². The van der Waals surface area contributed by atoms with Gasteiger partial charge in [-0.05, 0) is 66.8 Å². The van der Waals surface area contributed by atoms with Gasteiger partial charge in [0.1, 0.15) is 5.60 Å². The quantitative estimate of drug-likeness (QED) is 0.243. The summed E-state index contributed by atoms with van der Waals surface area (Å²) in [6.07, 6.45) is 1.77. The van der Waals surface area contributed by atoms with E-state index < -0.39 is 13.9 Å². The first-order valence-electron chi connectivity index (χ1n) is 9.84. The maximum Gasteiger partial charge on any atom is 0.410 e. The Labute approximate surface area is 190 Å². The first-order chi connectivity index (χ1) is 13.0. The number of allylic oxidation sites excluding steroid dienone is 1. The maximum atomic E-state index is 12.9. The van der Waals surface area contributed by atoms with Crippen molar-refractivity contribution < 1.29 is 14.0 Å². The molecule has 1 saturated heterocycles. The van der Waals surface area contributed by atoms with Gasteiger partial charge in [-0.15, -0.1) is 0 Å². The molecule has 0 N–H and O–H groups in total. The van der Waals surface area contributed by atoms with Crippen molar-refractivity contribution in [2.24, 2.45) is 4.99 Å². The summed E-state index contributed by atoms with van der Waals surface area (Å²) >= 11 is 9.95. The number of amides is 1. The second-order valence-corrected chi connectivity index (χ2v) is 15.9. The second-order valence-electron chi connectivity index (χ2n) is 9.96. The van der Waals surface area contributed by atoms with Crippen molar-refractivity contribution in [1.29, 1.82) is 0 Å². The molecule has 0 spiro atoms. The minimum absolute atomic E-state index is 0.0804. The zero-order valence-corrected chi connectivity index (χ0v) is 22.6. The highest BCUT2D eigenvalue weighted by atomic mass is 79.9. The molecule has 0 saturated carbocycles. The first-order valence-corrected chi connectivity index (χ1v) is 13.9. The summed E-state index contributed by atoms with van der Waals surface area (Å²) in [6, 6.07) is -0.301. The summed E-state index contributed by atoms with van der Waals surface area (Å²) in [4.78, 5) is 18.6. The summed E-state index contributed by atoms with van der Waals surface area (Å²) in [7, 11) is -0.325. The third-order valence-corrected chi connectivity index (χ3v) is 11.1. The number of hydrogen-bond acceptors (Lipinski definition) is 4. The number of likely N-dealkylation sites (tertiary alicyclic amines) is 1. The van der Waals surface area contributed by atoms with Gasteiger partial charge in [0.15, 0.2) is 8.32 Å². The van der Waals surface area contributed by atoms with Crippen molar-refractivity contribution >= 4 is 48.2 Å². The van der Waals surface area contributed by atoms with Crippen molar-refractivity contribution in [3.8, 4) is 0 Å². The molecule has 1 amide bonds. The van der Waals surface area contributed by atoms with Gasteiger partial charge < -0.3 is 9.16 Å². The largest absolute Gasteiger partial charge is 0.444 e. The smallest absolute Gasteiger partial charge is 0.410 e. The molecule has 166 valence electrons. The molecule has 0 bridgehead atoms. The van der Waals surface area contributed by atoms with Crippen LogP contribution in [0.15, 0.2) is 26.7 Å². The standard InChI is InChI=1S/C21H36BrClN2O3Si/c1-14(18(23)16(22)12-24-8)17-11-15(28-29(9,10)21(5,6)7)13-25(17)19(26)27-20(2,3)4/h12,15,17H,1,11,13H2,2-10H3/b18-16-,24-12?/t15?,17-/m0/s1. The normalized spacial score (nSPS) is 22.1.